The van der Waals surface area contributed by atoms with Crippen molar-refractivity contribution >= 4 is 10.0 Å². The van der Waals surface area contributed by atoms with E-state index in [-0.39, 0.29) is 0 Å². The van der Waals surface area contributed by atoms with E-state index >= 15 is 0 Å². The second-order valence-corrected chi connectivity index (χ2v) is 6.91. The third kappa shape index (κ3) is 3.48. The zero-order valence-electron chi connectivity index (χ0n) is 11.9. The number of hydrogen-bond donors (Lipinski definition) is 1. The predicted octanol–water partition coefficient (Wildman–Crippen LogP) is 2.14. The van der Waals surface area contributed by atoms with Crippen LogP contribution in [0.15, 0.2) is 41.8 Å². The quantitative estimate of drug-likeness (QED) is 0.747. The van der Waals surface area contributed by atoms with Crippen molar-refractivity contribution < 1.29 is 8.42 Å². The summed E-state index contributed by atoms with van der Waals surface area (Å²) >= 11 is 0. The third-order valence-electron chi connectivity index (χ3n) is 3.43. The van der Waals surface area contributed by atoms with Crippen LogP contribution >= 0.6 is 0 Å². The van der Waals surface area contributed by atoms with Gasteiger partial charge in [-0.3, -0.25) is 0 Å². The first-order valence-electron chi connectivity index (χ1n) is 7.02. The van der Waals surface area contributed by atoms with Gasteiger partial charge >= 0.3 is 0 Å². The highest BCUT2D eigenvalue weighted by Crippen LogP contribution is 2.23. The lowest BCUT2D eigenvalue weighted by molar-refractivity contribution is 0.458. The van der Waals surface area contributed by atoms with E-state index in [1.165, 1.54) is 17.1 Å². The van der Waals surface area contributed by atoms with Crippen molar-refractivity contribution in [2.45, 2.75) is 37.2 Å². The Morgan fingerprint density at radius 3 is 2.70 bits per heavy atom. The van der Waals surface area contributed by atoms with E-state index in [0.717, 1.165) is 5.56 Å². The Kier molecular flexibility index (Phi) is 4.96. The molecule has 2 rings (SSSR count). The Bertz CT molecular complexity index is 565. The topological polar surface area (TPSA) is 49.4 Å². The van der Waals surface area contributed by atoms with Crippen LogP contribution < -0.4 is 5.32 Å². The summed E-state index contributed by atoms with van der Waals surface area (Å²) in [4.78, 5) is 0.400. The number of sulfonamides is 1. The fourth-order valence-corrected chi connectivity index (χ4v) is 3.77. The summed E-state index contributed by atoms with van der Waals surface area (Å²) < 4.78 is 26.8. The van der Waals surface area contributed by atoms with Crippen molar-refractivity contribution in [2.75, 3.05) is 13.1 Å². The Hall–Kier alpha value is -1.17. The summed E-state index contributed by atoms with van der Waals surface area (Å²) in [5.41, 5.74) is 0.835. The van der Waals surface area contributed by atoms with Gasteiger partial charge < -0.3 is 5.32 Å². The summed E-state index contributed by atoms with van der Waals surface area (Å²) in [5, 5.41) is 3.37. The van der Waals surface area contributed by atoms with E-state index < -0.39 is 10.0 Å². The van der Waals surface area contributed by atoms with Crippen LogP contribution in [-0.4, -0.2) is 31.9 Å². The van der Waals surface area contributed by atoms with Gasteiger partial charge in [-0.15, -0.1) is 6.58 Å². The Balaban J connectivity index is 2.26. The maximum Gasteiger partial charge on any atom is 0.243 e. The van der Waals surface area contributed by atoms with Gasteiger partial charge in [0.15, 0.2) is 0 Å². The molecule has 0 atom stereocenters. The maximum atomic E-state index is 12.7. The lowest BCUT2D eigenvalue weighted by Crippen LogP contribution is -2.32. The molecule has 0 bridgehead atoms. The molecule has 5 heteroatoms. The van der Waals surface area contributed by atoms with Crippen molar-refractivity contribution in [3.05, 3.63) is 42.5 Å². The number of rotatable bonds is 8. The number of hydrogen-bond acceptors (Lipinski definition) is 3. The molecule has 4 nitrogen and oxygen atoms in total. The molecule has 1 aromatic rings. The molecule has 0 heterocycles. The zero-order valence-corrected chi connectivity index (χ0v) is 12.7. The number of likely N-dealkylation sites (N-methyl/N-ethyl adjacent to an activating group) is 1. The van der Waals surface area contributed by atoms with Gasteiger partial charge in [-0.2, -0.15) is 4.31 Å². The lowest BCUT2D eigenvalue weighted by atomic mass is 10.2. The highest BCUT2D eigenvalue weighted by Gasteiger charge is 2.26. The van der Waals surface area contributed by atoms with E-state index in [4.69, 9.17) is 0 Å². The van der Waals surface area contributed by atoms with Gasteiger partial charge in [0.2, 0.25) is 10.0 Å². The van der Waals surface area contributed by atoms with Gasteiger partial charge in [0.1, 0.15) is 0 Å². The van der Waals surface area contributed by atoms with E-state index in [0.29, 0.717) is 30.6 Å². The molecule has 0 aliphatic heterocycles. The summed E-state index contributed by atoms with van der Waals surface area (Å²) in [7, 11) is -3.45. The largest absolute Gasteiger partial charge is 0.310 e. The molecular formula is C15H22N2O2S. The van der Waals surface area contributed by atoms with Crippen LogP contribution in [0.2, 0.25) is 0 Å². The minimum absolute atomic E-state index is 0.337. The molecule has 110 valence electrons. The first kappa shape index (κ1) is 15.2. The first-order chi connectivity index (χ1) is 9.59. The van der Waals surface area contributed by atoms with Crippen molar-refractivity contribution in [1.29, 1.82) is 0 Å². The maximum absolute atomic E-state index is 12.7. The Morgan fingerprint density at radius 2 is 2.10 bits per heavy atom. The fraction of sp³-hybridized carbons (Fsp3) is 0.467. The van der Waals surface area contributed by atoms with Gasteiger partial charge in [0, 0.05) is 25.7 Å². The zero-order chi connectivity index (χ0) is 14.6. The standard InChI is InChI=1S/C15H22N2O2S/c1-3-11-17(4-2)20(18,19)15-8-6-5-7-13(15)12-16-14-9-10-14/h3,5-8,14,16H,1,4,9-12H2,2H3. The molecule has 0 radical (unpaired) electrons. The second kappa shape index (κ2) is 6.52. The molecule has 0 spiro atoms. The monoisotopic (exact) mass is 294 g/mol. The highest BCUT2D eigenvalue weighted by molar-refractivity contribution is 7.89. The van der Waals surface area contributed by atoms with Gasteiger partial charge in [-0.25, -0.2) is 8.42 Å². The highest BCUT2D eigenvalue weighted by atomic mass is 32.2. The first-order valence-corrected chi connectivity index (χ1v) is 8.46. The van der Waals surface area contributed by atoms with Gasteiger partial charge in [0.05, 0.1) is 4.90 Å². The van der Waals surface area contributed by atoms with E-state index in [2.05, 4.69) is 11.9 Å². The predicted molar refractivity (Wildman–Crippen MR) is 80.9 cm³/mol. The van der Waals surface area contributed by atoms with Crippen LogP contribution in [-0.2, 0) is 16.6 Å². The molecular weight excluding hydrogens is 272 g/mol. The molecule has 1 fully saturated rings. The van der Waals surface area contributed by atoms with Crippen LogP contribution in [0.4, 0.5) is 0 Å². The summed E-state index contributed by atoms with van der Waals surface area (Å²) in [5.74, 6) is 0. The van der Waals surface area contributed by atoms with E-state index in [1.807, 2.05) is 19.1 Å². The third-order valence-corrected chi connectivity index (χ3v) is 5.48. The summed E-state index contributed by atoms with van der Waals surface area (Å²) in [6, 6.07) is 7.78. The van der Waals surface area contributed by atoms with Crippen molar-refractivity contribution in [3.63, 3.8) is 0 Å². The normalized spacial score (nSPS) is 15.5. The van der Waals surface area contributed by atoms with E-state index in [9.17, 15) is 8.42 Å². The van der Waals surface area contributed by atoms with Crippen molar-refractivity contribution in [1.82, 2.24) is 9.62 Å². The number of nitrogens with one attached hydrogen (secondary N) is 1. The molecule has 1 aliphatic carbocycles. The van der Waals surface area contributed by atoms with Crippen molar-refractivity contribution in [2.24, 2.45) is 0 Å². The Labute approximate surface area is 121 Å². The number of nitrogens with zero attached hydrogens (tertiary/aromatic N) is 1. The van der Waals surface area contributed by atoms with Crippen LogP contribution in [0.25, 0.3) is 0 Å². The SMILES string of the molecule is C=CCN(CC)S(=O)(=O)c1ccccc1CNC1CC1. The Morgan fingerprint density at radius 1 is 1.40 bits per heavy atom. The molecule has 1 aromatic carbocycles. The van der Waals surface area contributed by atoms with Crippen LogP contribution in [0.1, 0.15) is 25.3 Å². The van der Waals surface area contributed by atoms with Crippen molar-refractivity contribution in [3.8, 4) is 0 Å². The van der Waals surface area contributed by atoms with Gasteiger partial charge in [0.25, 0.3) is 0 Å². The van der Waals surface area contributed by atoms with E-state index in [1.54, 1.807) is 18.2 Å². The van der Waals surface area contributed by atoms with Crippen LogP contribution in [0, 0.1) is 0 Å². The molecule has 1 saturated carbocycles. The second-order valence-electron chi connectivity index (χ2n) is 5.01. The fourth-order valence-electron chi connectivity index (χ4n) is 2.12. The smallest absolute Gasteiger partial charge is 0.243 e. The lowest BCUT2D eigenvalue weighted by Gasteiger charge is -2.20. The summed E-state index contributed by atoms with van der Waals surface area (Å²) in [6.07, 6.45) is 3.99. The van der Waals surface area contributed by atoms with Crippen LogP contribution in [0.5, 0.6) is 0 Å². The molecule has 20 heavy (non-hydrogen) atoms. The number of benzene rings is 1. The molecule has 0 saturated heterocycles. The minimum Gasteiger partial charge on any atom is -0.310 e. The molecule has 0 aromatic heterocycles. The molecule has 0 amide bonds. The molecule has 1 N–H and O–H groups in total. The molecule has 1 aliphatic rings. The average Bonchev–Trinajstić information content (AvgIpc) is 3.26. The van der Waals surface area contributed by atoms with Crippen LogP contribution in [0.3, 0.4) is 0 Å². The summed E-state index contributed by atoms with van der Waals surface area (Å²) in [6.45, 7) is 6.85. The van der Waals surface area contributed by atoms with Gasteiger partial charge in [-0.1, -0.05) is 31.2 Å². The van der Waals surface area contributed by atoms with Gasteiger partial charge in [-0.05, 0) is 24.5 Å². The average molecular weight is 294 g/mol. The minimum atomic E-state index is -3.45. The molecule has 0 unspecified atom stereocenters.